The molecule has 0 aliphatic carbocycles. The van der Waals surface area contributed by atoms with Crippen molar-refractivity contribution in [2.24, 2.45) is 5.73 Å². The van der Waals surface area contributed by atoms with Gasteiger partial charge in [-0.1, -0.05) is 42.0 Å². The quantitative estimate of drug-likeness (QED) is 0.887. The molecular weight excluding hydrogens is 222 g/mol. The Morgan fingerprint density at radius 2 is 1.83 bits per heavy atom. The lowest BCUT2D eigenvalue weighted by Crippen LogP contribution is -2.04. The van der Waals surface area contributed by atoms with Crippen LogP contribution in [-0.2, 0) is 6.61 Å². The summed E-state index contributed by atoms with van der Waals surface area (Å²) in [5.41, 5.74) is 9.37. The summed E-state index contributed by atoms with van der Waals surface area (Å²) in [6.45, 7) is 4.66. The van der Waals surface area contributed by atoms with Gasteiger partial charge in [0.05, 0.1) is 0 Å². The fraction of sp³-hybridized carbons (Fsp3) is 0.250. The van der Waals surface area contributed by atoms with Crippen LogP contribution in [0.25, 0.3) is 0 Å². The topological polar surface area (TPSA) is 35.2 Å². The van der Waals surface area contributed by atoms with Crippen LogP contribution in [0.3, 0.4) is 0 Å². The highest BCUT2D eigenvalue weighted by Gasteiger charge is 2.00. The van der Waals surface area contributed by atoms with E-state index < -0.39 is 0 Å². The van der Waals surface area contributed by atoms with E-state index in [-0.39, 0.29) is 6.04 Å². The molecule has 0 fully saturated rings. The first kappa shape index (κ1) is 12.7. The van der Waals surface area contributed by atoms with Gasteiger partial charge in [-0.15, -0.1) is 0 Å². The van der Waals surface area contributed by atoms with Gasteiger partial charge in [0.15, 0.2) is 0 Å². The number of hydrogen-bond donors (Lipinski definition) is 1. The number of benzene rings is 2. The Labute approximate surface area is 108 Å². The molecule has 18 heavy (non-hydrogen) atoms. The molecule has 2 aromatic carbocycles. The third-order valence-corrected chi connectivity index (χ3v) is 2.89. The van der Waals surface area contributed by atoms with Crippen LogP contribution in [0.2, 0.25) is 0 Å². The van der Waals surface area contributed by atoms with E-state index in [9.17, 15) is 0 Å². The van der Waals surface area contributed by atoms with Gasteiger partial charge in [-0.25, -0.2) is 0 Å². The van der Waals surface area contributed by atoms with Crippen molar-refractivity contribution in [1.29, 1.82) is 0 Å². The Bertz CT molecular complexity index is 503. The smallest absolute Gasteiger partial charge is 0.119 e. The molecule has 2 heteroatoms. The summed E-state index contributed by atoms with van der Waals surface area (Å²) in [5.74, 6) is 0.876. The van der Waals surface area contributed by atoms with E-state index in [4.69, 9.17) is 10.5 Å². The lowest BCUT2D eigenvalue weighted by molar-refractivity contribution is 0.306. The number of nitrogens with two attached hydrogens (primary N) is 1. The molecule has 0 unspecified atom stereocenters. The molecule has 0 saturated heterocycles. The van der Waals surface area contributed by atoms with E-state index in [2.05, 4.69) is 25.1 Å². The molecule has 2 rings (SSSR count). The Morgan fingerprint density at radius 1 is 1.11 bits per heavy atom. The first-order valence-corrected chi connectivity index (χ1v) is 6.19. The van der Waals surface area contributed by atoms with Crippen LogP contribution in [0, 0.1) is 6.92 Å². The van der Waals surface area contributed by atoms with E-state index in [1.807, 2.05) is 37.3 Å². The Kier molecular flexibility index (Phi) is 4.00. The van der Waals surface area contributed by atoms with Gasteiger partial charge in [-0.3, -0.25) is 0 Å². The molecule has 0 aromatic heterocycles. The number of hydrogen-bond acceptors (Lipinski definition) is 2. The minimum absolute atomic E-state index is 0.0656. The van der Waals surface area contributed by atoms with Crippen LogP contribution < -0.4 is 10.5 Å². The second-order valence-electron chi connectivity index (χ2n) is 4.64. The fourth-order valence-electron chi connectivity index (χ4n) is 1.84. The van der Waals surface area contributed by atoms with Crippen LogP contribution in [0.1, 0.15) is 29.7 Å². The summed E-state index contributed by atoms with van der Waals surface area (Å²) >= 11 is 0. The second kappa shape index (κ2) is 5.69. The van der Waals surface area contributed by atoms with Gasteiger partial charge in [0, 0.05) is 6.04 Å². The van der Waals surface area contributed by atoms with Crippen LogP contribution in [0.4, 0.5) is 0 Å². The predicted octanol–water partition coefficient (Wildman–Crippen LogP) is 3.59. The van der Waals surface area contributed by atoms with Crippen molar-refractivity contribution in [3.8, 4) is 5.75 Å². The SMILES string of the molecule is Cc1cccc(COc2ccc([C@H](C)N)cc2)c1. The molecule has 2 aromatic rings. The highest BCUT2D eigenvalue weighted by molar-refractivity contribution is 5.29. The normalized spacial score (nSPS) is 12.2. The lowest BCUT2D eigenvalue weighted by Gasteiger charge is -2.09. The molecule has 2 N–H and O–H groups in total. The summed E-state index contributed by atoms with van der Waals surface area (Å²) in [6, 6.07) is 16.4. The summed E-state index contributed by atoms with van der Waals surface area (Å²) in [5, 5.41) is 0. The zero-order valence-corrected chi connectivity index (χ0v) is 10.9. The molecule has 94 valence electrons. The Balaban J connectivity index is 1.98. The van der Waals surface area contributed by atoms with Crippen LogP contribution in [0.5, 0.6) is 5.75 Å². The van der Waals surface area contributed by atoms with Gasteiger partial charge in [0.2, 0.25) is 0 Å². The maximum atomic E-state index is 5.80. The van der Waals surface area contributed by atoms with E-state index in [0.717, 1.165) is 11.3 Å². The van der Waals surface area contributed by atoms with Gasteiger partial charge >= 0.3 is 0 Å². The number of aryl methyl sites for hydroxylation is 1. The van der Waals surface area contributed by atoms with Crippen LogP contribution in [-0.4, -0.2) is 0 Å². The van der Waals surface area contributed by atoms with Crippen molar-refractivity contribution in [2.75, 3.05) is 0 Å². The first-order chi connectivity index (χ1) is 8.65. The molecule has 0 spiro atoms. The van der Waals surface area contributed by atoms with Crippen molar-refractivity contribution in [1.82, 2.24) is 0 Å². The van der Waals surface area contributed by atoms with Gasteiger partial charge in [0.25, 0.3) is 0 Å². The van der Waals surface area contributed by atoms with Crippen LogP contribution >= 0.6 is 0 Å². The molecule has 0 heterocycles. The number of ether oxygens (including phenoxy) is 1. The minimum atomic E-state index is 0.0656. The van der Waals surface area contributed by atoms with Crippen LogP contribution in [0.15, 0.2) is 48.5 Å². The van der Waals surface area contributed by atoms with E-state index in [1.165, 1.54) is 11.1 Å². The zero-order chi connectivity index (χ0) is 13.0. The largest absolute Gasteiger partial charge is 0.489 e. The molecule has 1 atom stereocenters. The molecule has 0 saturated carbocycles. The molecular formula is C16H19NO. The van der Waals surface area contributed by atoms with Gasteiger partial charge < -0.3 is 10.5 Å². The highest BCUT2D eigenvalue weighted by Crippen LogP contribution is 2.17. The standard InChI is InChI=1S/C16H19NO/c1-12-4-3-5-14(10-12)11-18-16-8-6-15(7-9-16)13(2)17/h3-10,13H,11,17H2,1-2H3/t13-/m0/s1. The van der Waals surface area contributed by atoms with E-state index in [1.54, 1.807) is 0 Å². The summed E-state index contributed by atoms with van der Waals surface area (Å²) in [7, 11) is 0. The molecule has 2 nitrogen and oxygen atoms in total. The summed E-state index contributed by atoms with van der Waals surface area (Å²) < 4.78 is 5.74. The maximum absolute atomic E-state index is 5.80. The van der Waals surface area contributed by atoms with Crippen molar-refractivity contribution >= 4 is 0 Å². The Morgan fingerprint density at radius 3 is 2.44 bits per heavy atom. The monoisotopic (exact) mass is 241 g/mol. The second-order valence-corrected chi connectivity index (χ2v) is 4.64. The summed E-state index contributed by atoms with van der Waals surface area (Å²) in [4.78, 5) is 0. The molecule has 0 aliphatic heterocycles. The van der Waals surface area contributed by atoms with E-state index in [0.29, 0.717) is 6.61 Å². The number of rotatable bonds is 4. The molecule has 0 radical (unpaired) electrons. The highest BCUT2D eigenvalue weighted by atomic mass is 16.5. The molecule has 0 bridgehead atoms. The third kappa shape index (κ3) is 3.34. The average Bonchev–Trinajstić information content (AvgIpc) is 2.37. The van der Waals surface area contributed by atoms with Crippen molar-refractivity contribution < 1.29 is 4.74 Å². The van der Waals surface area contributed by atoms with Gasteiger partial charge in [0.1, 0.15) is 12.4 Å². The predicted molar refractivity (Wildman–Crippen MR) is 74.6 cm³/mol. The zero-order valence-electron chi connectivity index (χ0n) is 10.9. The van der Waals surface area contributed by atoms with Crippen molar-refractivity contribution in [2.45, 2.75) is 26.5 Å². The Hall–Kier alpha value is -1.80. The van der Waals surface area contributed by atoms with Gasteiger partial charge in [-0.2, -0.15) is 0 Å². The third-order valence-electron chi connectivity index (χ3n) is 2.89. The molecule has 0 aliphatic rings. The van der Waals surface area contributed by atoms with Crippen molar-refractivity contribution in [3.63, 3.8) is 0 Å². The van der Waals surface area contributed by atoms with Gasteiger partial charge in [-0.05, 0) is 37.1 Å². The summed E-state index contributed by atoms with van der Waals surface area (Å²) in [6.07, 6.45) is 0. The lowest BCUT2D eigenvalue weighted by atomic mass is 10.1. The van der Waals surface area contributed by atoms with Crippen molar-refractivity contribution in [3.05, 3.63) is 65.2 Å². The fourth-order valence-corrected chi connectivity index (χ4v) is 1.84. The maximum Gasteiger partial charge on any atom is 0.119 e. The molecule has 0 amide bonds. The minimum Gasteiger partial charge on any atom is -0.489 e. The average molecular weight is 241 g/mol. The van der Waals surface area contributed by atoms with E-state index >= 15 is 0 Å². The first-order valence-electron chi connectivity index (χ1n) is 6.19.